The fourth-order valence-corrected chi connectivity index (χ4v) is 1.18. The average Bonchev–Trinajstić information content (AvgIpc) is 2.18. The van der Waals surface area contributed by atoms with Crippen LogP contribution in [0.5, 0.6) is 5.75 Å². The van der Waals surface area contributed by atoms with Crippen LogP contribution in [0.3, 0.4) is 0 Å². The summed E-state index contributed by atoms with van der Waals surface area (Å²) in [6.07, 6.45) is -4.78. The van der Waals surface area contributed by atoms with E-state index in [4.69, 9.17) is 5.26 Å². The van der Waals surface area contributed by atoms with Crippen LogP contribution in [-0.4, -0.2) is 12.6 Å². The maximum atomic E-state index is 12.0. The lowest BCUT2D eigenvalue weighted by molar-refractivity contribution is -0.274. The molecule has 0 aromatic heterocycles. The third-order valence-corrected chi connectivity index (χ3v) is 1.78. The lowest BCUT2D eigenvalue weighted by atomic mass is 10.1. The molecule has 16 heavy (non-hydrogen) atoms. The predicted octanol–water partition coefficient (Wildman–Crippen LogP) is 2.46. The summed E-state index contributed by atoms with van der Waals surface area (Å²) in [5, 5.41) is 8.46. The summed E-state index contributed by atoms with van der Waals surface area (Å²) in [6, 6.07) is 5.32. The van der Waals surface area contributed by atoms with Gasteiger partial charge >= 0.3 is 6.36 Å². The zero-order chi connectivity index (χ0) is 12.2. The maximum Gasteiger partial charge on any atom is 0.573 e. The summed E-state index contributed by atoms with van der Waals surface area (Å²) >= 11 is 0. The van der Waals surface area contributed by atoms with Crippen molar-refractivity contribution in [2.24, 2.45) is 0 Å². The predicted molar refractivity (Wildman–Crippen MR) is 47.8 cm³/mol. The van der Waals surface area contributed by atoms with Crippen molar-refractivity contribution in [3.8, 4) is 11.8 Å². The zero-order valence-electron chi connectivity index (χ0n) is 7.91. The lowest BCUT2D eigenvalue weighted by Gasteiger charge is -2.12. The molecule has 3 nitrogen and oxygen atoms in total. The van der Waals surface area contributed by atoms with Gasteiger partial charge in [-0.2, -0.15) is 5.26 Å². The number of hydrogen-bond acceptors (Lipinski definition) is 3. The second-order valence-electron chi connectivity index (χ2n) is 2.82. The number of nitriles is 1. The van der Waals surface area contributed by atoms with Crippen molar-refractivity contribution in [3.63, 3.8) is 0 Å². The molecule has 0 aliphatic carbocycles. The van der Waals surface area contributed by atoms with Crippen molar-refractivity contribution < 1.29 is 22.7 Å². The number of aldehydes is 1. The van der Waals surface area contributed by atoms with E-state index < -0.39 is 12.1 Å². The Kier molecular flexibility index (Phi) is 3.51. The smallest absolute Gasteiger partial charge is 0.405 e. The minimum absolute atomic E-state index is 0.0169. The van der Waals surface area contributed by atoms with Crippen molar-refractivity contribution in [3.05, 3.63) is 29.3 Å². The highest BCUT2D eigenvalue weighted by molar-refractivity contribution is 5.78. The molecule has 0 aliphatic rings. The standard InChI is InChI=1S/C10H6F3NO2/c11-10(12,13)16-9-3-1-2-7(6-15)8(9)4-5-14/h1-3,6H,4H2. The van der Waals surface area contributed by atoms with E-state index in [1.807, 2.05) is 0 Å². The minimum Gasteiger partial charge on any atom is -0.405 e. The summed E-state index contributed by atoms with van der Waals surface area (Å²) in [4.78, 5) is 10.6. The van der Waals surface area contributed by atoms with E-state index in [9.17, 15) is 18.0 Å². The van der Waals surface area contributed by atoms with Crippen LogP contribution >= 0.6 is 0 Å². The molecule has 0 unspecified atom stereocenters. The van der Waals surface area contributed by atoms with E-state index in [1.54, 1.807) is 6.07 Å². The van der Waals surface area contributed by atoms with E-state index in [2.05, 4.69) is 4.74 Å². The molecule has 84 valence electrons. The molecule has 0 fully saturated rings. The van der Waals surface area contributed by atoms with Crippen LogP contribution in [0.15, 0.2) is 18.2 Å². The van der Waals surface area contributed by atoms with E-state index in [-0.39, 0.29) is 17.5 Å². The van der Waals surface area contributed by atoms with Gasteiger partial charge in [0.15, 0.2) is 6.29 Å². The molecule has 0 aliphatic heterocycles. The molecule has 0 radical (unpaired) electrons. The van der Waals surface area contributed by atoms with E-state index in [0.717, 1.165) is 6.07 Å². The molecule has 0 saturated carbocycles. The number of alkyl halides is 3. The summed E-state index contributed by atoms with van der Waals surface area (Å²) in [5.74, 6) is -0.515. The number of halogens is 3. The Balaban J connectivity index is 3.17. The Bertz CT molecular complexity index is 435. The second kappa shape index (κ2) is 4.66. The highest BCUT2D eigenvalue weighted by Gasteiger charge is 2.32. The normalized spacial score (nSPS) is 10.6. The first-order valence-electron chi connectivity index (χ1n) is 4.17. The highest BCUT2D eigenvalue weighted by atomic mass is 19.4. The Morgan fingerprint density at radius 2 is 2.12 bits per heavy atom. The van der Waals surface area contributed by atoms with Gasteiger partial charge in [0.25, 0.3) is 0 Å². The van der Waals surface area contributed by atoms with Gasteiger partial charge in [-0.3, -0.25) is 4.79 Å². The van der Waals surface area contributed by atoms with E-state index in [0.29, 0.717) is 6.29 Å². The third kappa shape index (κ3) is 2.98. The van der Waals surface area contributed by atoms with Crippen LogP contribution < -0.4 is 4.74 Å². The first-order valence-corrected chi connectivity index (χ1v) is 4.17. The molecular weight excluding hydrogens is 223 g/mol. The van der Waals surface area contributed by atoms with Gasteiger partial charge in [0, 0.05) is 11.1 Å². The molecule has 0 atom stereocenters. The first kappa shape index (κ1) is 12.0. The van der Waals surface area contributed by atoms with E-state index in [1.165, 1.54) is 12.1 Å². The van der Waals surface area contributed by atoms with Crippen molar-refractivity contribution in [2.75, 3.05) is 0 Å². The van der Waals surface area contributed by atoms with Crippen LogP contribution in [0, 0.1) is 11.3 Å². The molecule has 1 rings (SSSR count). The Morgan fingerprint density at radius 1 is 1.44 bits per heavy atom. The van der Waals surface area contributed by atoms with Gasteiger partial charge in [-0.25, -0.2) is 0 Å². The number of ether oxygens (including phenoxy) is 1. The number of nitrogens with zero attached hydrogens (tertiary/aromatic N) is 1. The molecule has 0 saturated heterocycles. The monoisotopic (exact) mass is 229 g/mol. The molecule has 0 spiro atoms. The molecule has 0 amide bonds. The summed E-state index contributed by atoms with van der Waals surface area (Å²) in [7, 11) is 0. The second-order valence-corrected chi connectivity index (χ2v) is 2.82. The van der Waals surface area contributed by atoms with Crippen LogP contribution in [0.25, 0.3) is 0 Å². The molecule has 0 heterocycles. The zero-order valence-corrected chi connectivity index (χ0v) is 7.91. The van der Waals surface area contributed by atoms with Gasteiger partial charge in [-0.05, 0) is 6.07 Å². The van der Waals surface area contributed by atoms with Crippen LogP contribution in [0.4, 0.5) is 13.2 Å². The maximum absolute atomic E-state index is 12.0. The molecular formula is C10H6F3NO2. The van der Waals surface area contributed by atoms with Crippen LogP contribution in [0.1, 0.15) is 15.9 Å². The van der Waals surface area contributed by atoms with Crippen molar-refractivity contribution in [2.45, 2.75) is 12.8 Å². The summed E-state index contributed by atoms with van der Waals surface area (Å²) in [5.41, 5.74) is -0.0411. The third-order valence-electron chi connectivity index (χ3n) is 1.78. The first-order chi connectivity index (χ1) is 7.48. The quantitative estimate of drug-likeness (QED) is 0.748. The van der Waals surface area contributed by atoms with Gasteiger partial charge in [-0.15, -0.1) is 13.2 Å². The molecule has 1 aromatic rings. The van der Waals surface area contributed by atoms with Gasteiger partial charge < -0.3 is 4.74 Å². The van der Waals surface area contributed by atoms with Gasteiger partial charge in [0.2, 0.25) is 0 Å². The fourth-order valence-electron chi connectivity index (χ4n) is 1.18. The SMILES string of the molecule is N#CCc1c(C=O)cccc1OC(F)(F)F. The molecule has 0 N–H and O–H groups in total. The van der Waals surface area contributed by atoms with Crippen LogP contribution in [-0.2, 0) is 6.42 Å². The largest absolute Gasteiger partial charge is 0.573 e. The Labute approximate surface area is 89.1 Å². The summed E-state index contributed by atoms with van der Waals surface area (Å²) in [6.45, 7) is 0. The molecule has 0 bridgehead atoms. The lowest BCUT2D eigenvalue weighted by Crippen LogP contribution is -2.18. The number of carbonyl (C=O) groups excluding carboxylic acids is 1. The Morgan fingerprint density at radius 3 is 2.62 bits per heavy atom. The van der Waals surface area contributed by atoms with Gasteiger partial charge in [0.05, 0.1) is 12.5 Å². The number of carbonyl (C=O) groups is 1. The van der Waals surface area contributed by atoms with Gasteiger partial charge in [0.1, 0.15) is 5.75 Å². The molecule has 1 aromatic carbocycles. The van der Waals surface area contributed by atoms with Gasteiger partial charge in [-0.1, -0.05) is 12.1 Å². The van der Waals surface area contributed by atoms with Crippen LogP contribution in [0.2, 0.25) is 0 Å². The topological polar surface area (TPSA) is 50.1 Å². The van der Waals surface area contributed by atoms with Crippen molar-refractivity contribution >= 4 is 6.29 Å². The number of hydrogen-bond donors (Lipinski definition) is 0. The van der Waals surface area contributed by atoms with Crippen molar-refractivity contribution in [1.82, 2.24) is 0 Å². The summed E-state index contributed by atoms with van der Waals surface area (Å²) < 4.78 is 39.7. The van der Waals surface area contributed by atoms with E-state index >= 15 is 0 Å². The fraction of sp³-hybridized carbons (Fsp3) is 0.200. The highest BCUT2D eigenvalue weighted by Crippen LogP contribution is 2.28. The number of benzene rings is 1. The average molecular weight is 229 g/mol. The van der Waals surface area contributed by atoms with Crippen molar-refractivity contribution in [1.29, 1.82) is 5.26 Å². The molecule has 6 heteroatoms. The number of rotatable bonds is 3. The Hall–Kier alpha value is -2.03. The minimum atomic E-state index is -4.84.